The molecule has 1 aromatic heterocycles. The molecule has 0 aliphatic heterocycles. The van der Waals surface area contributed by atoms with Gasteiger partial charge in [0.1, 0.15) is 5.75 Å². The zero-order chi connectivity index (χ0) is 19.2. The maximum atomic E-state index is 12.5. The van der Waals surface area contributed by atoms with Crippen LogP contribution in [0.4, 0.5) is 13.2 Å². The molecular formula is C18H19F3N2O2S. The number of thioether (sulfide) groups is 1. The van der Waals surface area contributed by atoms with Crippen molar-refractivity contribution in [2.45, 2.75) is 24.5 Å². The number of aromatic nitrogens is 1. The maximum absolute atomic E-state index is 12.5. The van der Waals surface area contributed by atoms with Gasteiger partial charge >= 0.3 is 6.18 Å². The molecule has 0 bridgehead atoms. The standard InChI is InChI=1S/C18H19F3N2O2S/c1-12-3-5-15(25-2)13(9-12)7-8-22-16(24)11-26-17-6-4-14(10-23-17)18(19,20)21/h3-6,9-10H,7-8,11H2,1-2H3,(H,22,24). The number of amides is 1. The van der Waals surface area contributed by atoms with Gasteiger partial charge in [0, 0.05) is 12.7 Å². The summed E-state index contributed by atoms with van der Waals surface area (Å²) in [4.78, 5) is 15.6. The molecule has 1 heterocycles. The second-order valence-electron chi connectivity index (χ2n) is 5.59. The molecule has 1 N–H and O–H groups in total. The van der Waals surface area contributed by atoms with Crippen molar-refractivity contribution < 1.29 is 22.7 Å². The van der Waals surface area contributed by atoms with Crippen LogP contribution >= 0.6 is 11.8 Å². The molecule has 0 saturated carbocycles. The van der Waals surface area contributed by atoms with Gasteiger partial charge in [-0.1, -0.05) is 29.5 Å². The number of benzene rings is 1. The Bertz CT molecular complexity index is 749. The smallest absolute Gasteiger partial charge is 0.417 e. The van der Waals surface area contributed by atoms with E-state index in [1.165, 1.54) is 6.07 Å². The van der Waals surface area contributed by atoms with Gasteiger partial charge in [-0.05, 0) is 37.1 Å². The number of hydrogen-bond acceptors (Lipinski definition) is 4. The molecule has 0 fully saturated rings. The Labute approximate surface area is 154 Å². The second-order valence-corrected chi connectivity index (χ2v) is 6.58. The summed E-state index contributed by atoms with van der Waals surface area (Å²) in [6.07, 6.45) is -3.02. The number of halogens is 3. The summed E-state index contributed by atoms with van der Waals surface area (Å²) in [5.74, 6) is 0.653. The first-order chi connectivity index (χ1) is 12.3. The van der Waals surface area contributed by atoms with Gasteiger partial charge in [0.15, 0.2) is 0 Å². The van der Waals surface area contributed by atoms with Crippen molar-refractivity contribution >= 4 is 17.7 Å². The summed E-state index contributed by atoms with van der Waals surface area (Å²) in [5.41, 5.74) is 1.30. The average molecular weight is 384 g/mol. The third-order valence-electron chi connectivity index (χ3n) is 3.57. The lowest BCUT2D eigenvalue weighted by atomic mass is 10.1. The number of rotatable bonds is 7. The van der Waals surface area contributed by atoms with Gasteiger partial charge < -0.3 is 10.1 Å². The van der Waals surface area contributed by atoms with E-state index in [0.29, 0.717) is 18.0 Å². The monoisotopic (exact) mass is 384 g/mol. The van der Waals surface area contributed by atoms with E-state index in [4.69, 9.17) is 4.74 Å². The highest BCUT2D eigenvalue weighted by Crippen LogP contribution is 2.29. The van der Waals surface area contributed by atoms with Gasteiger partial charge in [-0.25, -0.2) is 4.98 Å². The first-order valence-electron chi connectivity index (χ1n) is 7.86. The molecule has 1 aromatic carbocycles. The molecule has 0 radical (unpaired) electrons. The van der Waals surface area contributed by atoms with E-state index >= 15 is 0 Å². The van der Waals surface area contributed by atoms with Crippen LogP contribution in [-0.4, -0.2) is 30.3 Å². The highest BCUT2D eigenvalue weighted by molar-refractivity contribution is 7.99. The van der Waals surface area contributed by atoms with Gasteiger partial charge in [0.05, 0.1) is 23.5 Å². The number of alkyl halides is 3. The number of carbonyl (C=O) groups is 1. The Balaban J connectivity index is 1.78. The van der Waals surface area contributed by atoms with Gasteiger partial charge in [-0.3, -0.25) is 4.79 Å². The Morgan fingerprint density at radius 1 is 1.27 bits per heavy atom. The van der Waals surface area contributed by atoms with Gasteiger partial charge in [0.2, 0.25) is 5.91 Å². The fourth-order valence-corrected chi connectivity index (χ4v) is 2.94. The lowest BCUT2D eigenvalue weighted by Gasteiger charge is -2.10. The number of methoxy groups -OCH3 is 1. The lowest BCUT2D eigenvalue weighted by Crippen LogP contribution is -2.27. The van der Waals surface area contributed by atoms with Crippen molar-refractivity contribution in [1.29, 1.82) is 0 Å². The van der Waals surface area contributed by atoms with Crippen LogP contribution in [0.5, 0.6) is 5.75 Å². The molecule has 26 heavy (non-hydrogen) atoms. The summed E-state index contributed by atoms with van der Waals surface area (Å²) < 4.78 is 42.7. The fourth-order valence-electron chi connectivity index (χ4n) is 2.26. The number of pyridine rings is 1. The molecule has 0 aliphatic rings. The molecule has 0 aliphatic carbocycles. The molecule has 0 unspecified atom stereocenters. The van der Waals surface area contributed by atoms with E-state index in [2.05, 4.69) is 10.3 Å². The third kappa shape index (κ3) is 5.94. The first-order valence-corrected chi connectivity index (χ1v) is 8.84. The third-order valence-corrected chi connectivity index (χ3v) is 4.51. The quantitative estimate of drug-likeness (QED) is 0.737. The highest BCUT2D eigenvalue weighted by atomic mass is 32.2. The van der Waals surface area contributed by atoms with Crippen LogP contribution in [-0.2, 0) is 17.4 Å². The predicted molar refractivity (Wildman–Crippen MR) is 94.4 cm³/mol. The highest BCUT2D eigenvalue weighted by Gasteiger charge is 2.30. The largest absolute Gasteiger partial charge is 0.496 e. The number of nitrogens with zero attached hydrogens (tertiary/aromatic N) is 1. The summed E-state index contributed by atoms with van der Waals surface area (Å²) in [6.45, 7) is 2.43. The van der Waals surface area contributed by atoms with Crippen LogP contribution in [0.1, 0.15) is 16.7 Å². The summed E-state index contributed by atoms with van der Waals surface area (Å²) in [5, 5.41) is 3.15. The molecule has 2 aromatic rings. The number of ether oxygens (including phenoxy) is 1. The molecule has 2 rings (SSSR count). The normalized spacial score (nSPS) is 11.3. The number of carbonyl (C=O) groups excluding carboxylic acids is 1. The molecule has 140 valence electrons. The van der Waals surface area contributed by atoms with Crippen LogP contribution < -0.4 is 10.1 Å². The molecule has 8 heteroatoms. The van der Waals surface area contributed by atoms with E-state index in [9.17, 15) is 18.0 Å². The number of aryl methyl sites for hydroxylation is 1. The molecule has 0 atom stereocenters. The summed E-state index contributed by atoms with van der Waals surface area (Å²) >= 11 is 1.09. The topological polar surface area (TPSA) is 51.2 Å². The Kier molecular flexibility index (Phi) is 6.90. The zero-order valence-corrected chi connectivity index (χ0v) is 15.2. The minimum absolute atomic E-state index is 0.0866. The van der Waals surface area contributed by atoms with Crippen LogP contribution in [0.2, 0.25) is 0 Å². The Morgan fingerprint density at radius 2 is 2.04 bits per heavy atom. The van der Waals surface area contributed by atoms with E-state index in [-0.39, 0.29) is 11.7 Å². The lowest BCUT2D eigenvalue weighted by molar-refractivity contribution is -0.137. The van der Waals surface area contributed by atoms with Crippen molar-refractivity contribution in [2.24, 2.45) is 0 Å². The van der Waals surface area contributed by atoms with Crippen molar-refractivity contribution in [3.05, 3.63) is 53.2 Å². The van der Waals surface area contributed by atoms with Gasteiger partial charge in [-0.15, -0.1) is 0 Å². The maximum Gasteiger partial charge on any atom is 0.417 e. The van der Waals surface area contributed by atoms with Crippen LogP contribution in [0.15, 0.2) is 41.6 Å². The van der Waals surface area contributed by atoms with E-state index in [1.807, 2.05) is 25.1 Å². The minimum Gasteiger partial charge on any atom is -0.496 e. The van der Waals surface area contributed by atoms with Gasteiger partial charge in [0.25, 0.3) is 0 Å². The van der Waals surface area contributed by atoms with Crippen LogP contribution in [0, 0.1) is 6.92 Å². The van der Waals surface area contributed by atoms with Gasteiger partial charge in [-0.2, -0.15) is 13.2 Å². The van der Waals surface area contributed by atoms with Crippen LogP contribution in [0.25, 0.3) is 0 Å². The van der Waals surface area contributed by atoms with Crippen molar-refractivity contribution in [2.75, 3.05) is 19.4 Å². The number of nitrogens with one attached hydrogen (secondary N) is 1. The molecule has 1 amide bonds. The zero-order valence-electron chi connectivity index (χ0n) is 14.4. The Morgan fingerprint density at radius 3 is 2.65 bits per heavy atom. The van der Waals surface area contributed by atoms with Crippen molar-refractivity contribution in [3.63, 3.8) is 0 Å². The van der Waals surface area contributed by atoms with Crippen molar-refractivity contribution in [3.8, 4) is 5.75 Å². The van der Waals surface area contributed by atoms with E-state index in [1.54, 1.807) is 7.11 Å². The minimum atomic E-state index is -4.41. The molecular weight excluding hydrogens is 365 g/mol. The van der Waals surface area contributed by atoms with Crippen molar-refractivity contribution in [1.82, 2.24) is 10.3 Å². The van der Waals surface area contributed by atoms with Crippen LogP contribution in [0.3, 0.4) is 0 Å². The predicted octanol–water partition coefficient (Wildman–Crippen LogP) is 3.87. The Hall–Kier alpha value is -2.22. The summed E-state index contributed by atoms with van der Waals surface area (Å²) in [7, 11) is 1.60. The molecule has 4 nitrogen and oxygen atoms in total. The van der Waals surface area contributed by atoms with E-state index in [0.717, 1.165) is 40.9 Å². The van der Waals surface area contributed by atoms with E-state index < -0.39 is 11.7 Å². The molecule has 0 saturated heterocycles. The summed E-state index contributed by atoms with van der Waals surface area (Å²) in [6, 6.07) is 8.06. The SMILES string of the molecule is COc1ccc(C)cc1CCNC(=O)CSc1ccc(C(F)(F)F)cn1. The average Bonchev–Trinajstić information content (AvgIpc) is 2.60. The number of hydrogen-bond donors (Lipinski definition) is 1. The molecule has 0 spiro atoms. The fraction of sp³-hybridized carbons (Fsp3) is 0.333. The first kappa shape index (κ1) is 20.1. The second kappa shape index (κ2) is 8.93.